The number of aryl methyl sites for hydroxylation is 1. The molecule has 102 heavy (non-hydrogen) atoms. The van der Waals surface area contributed by atoms with Crippen molar-refractivity contribution < 1.29 is 55.4 Å². The Labute approximate surface area is 598 Å². The van der Waals surface area contributed by atoms with Crippen LogP contribution in [0, 0.1) is 41.8 Å². The highest BCUT2D eigenvalue weighted by molar-refractivity contribution is 7.87. The van der Waals surface area contributed by atoms with Gasteiger partial charge in [-0.3, -0.25) is 14.2 Å². The third-order valence-corrected chi connectivity index (χ3v) is 22.3. The van der Waals surface area contributed by atoms with Crippen LogP contribution < -0.4 is 31.4 Å². The highest BCUT2D eigenvalue weighted by atomic mass is 35.5. The average Bonchev–Trinajstić information content (AvgIpc) is 1.62. The van der Waals surface area contributed by atoms with Gasteiger partial charge in [-0.05, 0) is 153 Å². The van der Waals surface area contributed by atoms with Crippen molar-refractivity contribution in [3.05, 3.63) is 197 Å². The second-order valence-electron chi connectivity index (χ2n) is 24.3. The number of fused-ring (bicyclic) bond motifs is 3. The van der Waals surface area contributed by atoms with Crippen molar-refractivity contribution >= 4 is 124 Å². The zero-order valence-corrected chi connectivity index (χ0v) is 58.3. The Morgan fingerprint density at radius 3 is 1.15 bits per heavy atom. The summed E-state index contributed by atoms with van der Waals surface area (Å²) in [6.07, 6.45) is 23.6. The van der Waals surface area contributed by atoms with Crippen LogP contribution in [0.3, 0.4) is 0 Å². The molecule has 6 aromatic heterocycles. The largest absolute Gasteiger partial charge is 0.412 e. The van der Waals surface area contributed by atoms with E-state index in [4.69, 9.17) is 40.4 Å². The number of nitrogens with zero attached hydrogens (tertiary/aromatic N) is 9. The van der Waals surface area contributed by atoms with Gasteiger partial charge >= 0.3 is 0 Å². The van der Waals surface area contributed by atoms with Gasteiger partial charge in [0.1, 0.15) is 99.3 Å². The van der Waals surface area contributed by atoms with E-state index in [0.29, 0.717) is 74.0 Å². The number of nitrogens with two attached hydrogens (primary N) is 3. The first-order chi connectivity index (χ1) is 47.8. The molecule has 15 N–H and O–H groups in total. The number of nitrogens with one attached hydrogen (secondary N) is 3. The van der Waals surface area contributed by atoms with E-state index in [2.05, 4.69) is 57.8 Å². The van der Waals surface area contributed by atoms with Crippen LogP contribution in [-0.4, -0.2) is 72.7 Å². The maximum absolute atomic E-state index is 15.1. The maximum atomic E-state index is 15.1. The van der Waals surface area contributed by atoms with Crippen molar-refractivity contribution in [3.63, 3.8) is 0 Å². The number of benzene rings is 6. The highest BCUT2D eigenvalue weighted by Gasteiger charge is 2.28. The first kappa shape index (κ1) is 75.1. The van der Waals surface area contributed by atoms with Gasteiger partial charge in [0.05, 0.1) is 58.0 Å². The van der Waals surface area contributed by atoms with Gasteiger partial charge in [-0.1, -0.05) is 86.0 Å². The normalized spacial score (nSPS) is 14.8. The van der Waals surface area contributed by atoms with Crippen molar-refractivity contribution in [2.24, 2.45) is 0 Å². The molecule has 3 aliphatic rings. The molecular weight excluding hydrogens is 1430 g/mol. The number of rotatable bonds is 15. The first-order valence-electron chi connectivity index (χ1n) is 31.7. The number of hydrogen-bond donors (Lipinski definition) is 6. The standard InChI is InChI=1S/C24H23F2N5OS.2C23H20ClF2N5OS.3H2O/c1-14-6-8-16(25)11-21(14)33(32)30-20-9-7-15(10-19(20)26)18-12-31(17-4-2-3-5-17)24-22(18)23(27)28-13-29-24;24-17-10-15(6-7-18(17)25)33(32)30-20-8-5-13(9-19(20)26)16-11-31(14-3-1-2-4-14)23-21(16)22(27)28-12-29-23;24-17-10-14(25)6-8-20(17)33(32)30-19-7-5-13(9-18(19)26)16-11-31(15-3-1-2-4-15)23-21(16)22(27)28-12-29-23;;;/h6-13,17,30H,2-5H2,1H3,(H2,27,28,29);5-12,14,30H,1-4H2,(H2,27,28,29);5-12,15,30H,1-4H2,(H2,27,28,29);3*1H2. The van der Waals surface area contributed by atoms with Crippen molar-refractivity contribution in [2.45, 2.75) is 117 Å². The van der Waals surface area contributed by atoms with E-state index in [1.165, 1.54) is 91.8 Å². The second kappa shape index (κ2) is 32.2. The van der Waals surface area contributed by atoms with Crippen molar-refractivity contribution in [3.8, 4) is 33.4 Å². The molecule has 534 valence electrons. The van der Waals surface area contributed by atoms with Gasteiger partial charge in [0, 0.05) is 53.4 Å². The Balaban J connectivity index is 0.000000162. The monoisotopic (exact) mass is 1500 g/mol. The van der Waals surface area contributed by atoms with Crippen LogP contribution in [0.1, 0.15) is 101 Å². The lowest BCUT2D eigenvalue weighted by atomic mass is 10.1. The summed E-state index contributed by atoms with van der Waals surface area (Å²) in [7, 11) is -5.51. The zero-order chi connectivity index (χ0) is 69.3. The number of aromatic nitrogens is 9. The Bertz CT molecular complexity index is 5170. The molecule has 0 aliphatic heterocycles. The average molecular weight is 1500 g/mol. The van der Waals surface area contributed by atoms with Gasteiger partial charge in [-0.15, -0.1) is 0 Å². The summed E-state index contributed by atoms with van der Waals surface area (Å²) in [5.41, 5.74) is 25.6. The van der Waals surface area contributed by atoms with Gasteiger partial charge in [-0.2, -0.15) is 0 Å². The van der Waals surface area contributed by atoms with Crippen LogP contribution in [0.25, 0.3) is 66.5 Å². The lowest BCUT2D eigenvalue weighted by molar-refractivity contribution is 0.532. The second-order valence-corrected chi connectivity index (χ2v) is 28.7. The van der Waals surface area contributed by atoms with Crippen LogP contribution in [0.4, 0.5) is 60.9 Å². The van der Waals surface area contributed by atoms with Gasteiger partial charge in [0.2, 0.25) is 0 Å². The Morgan fingerprint density at radius 2 is 0.775 bits per heavy atom. The minimum absolute atomic E-state index is 0. The number of halogens is 8. The number of anilines is 6. The summed E-state index contributed by atoms with van der Waals surface area (Å²) in [5, 5.41) is 1.91. The fraction of sp³-hybridized carbons (Fsp3) is 0.229. The molecule has 6 heterocycles. The number of hydrogen-bond acceptors (Lipinski definition) is 12. The highest BCUT2D eigenvalue weighted by Crippen LogP contribution is 2.43. The number of nitrogen functional groups attached to an aromatic ring is 3. The van der Waals surface area contributed by atoms with E-state index in [-0.39, 0.29) is 58.2 Å². The Kier molecular flexibility index (Phi) is 23.7. The van der Waals surface area contributed by atoms with Crippen LogP contribution in [0.2, 0.25) is 10.0 Å². The molecule has 32 heteroatoms. The predicted molar refractivity (Wildman–Crippen MR) is 389 cm³/mol. The van der Waals surface area contributed by atoms with Crippen LogP contribution in [0.15, 0.2) is 161 Å². The summed E-state index contributed by atoms with van der Waals surface area (Å²) in [6, 6.07) is 26.0. The first-order valence-corrected chi connectivity index (χ1v) is 35.9. The molecule has 0 bridgehead atoms. The molecule has 0 amide bonds. The zero-order valence-electron chi connectivity index (χ0n) is 54.3. The fourth-order valence-corrected chi connectivity index (χ4v) is 16.6. The molecule has 12 aromatic rings. The molecule has 3 aliphatic carbocycles. The van der Waals surface area contributed by atoms with E-state index in [1.54, 1.807) is 25.1 Å². The third kappa shape index (κ3) is 15.6. The smallest absolute Gasteiger partial charge is 0.151 e. The van der Waals surface area contributed by atoms with Gasteiger partial charge < -0.3 is 47.3 Å². The lowest BCUT2D eigenvalue weighted by Crippen LogP contribution is -2.08. The van der Waals surface area contributed by atoms with Crippen molar-refractivity contribution in [1.82, 2.24) is 43.6 Å². The molecular formula is C70H69Cl2F6N15O6S3. The Hall–Kier alpha value is -9.53. The quantitative estimate of drug-likeness (QED) is 0.0522. The molecule has 3 fully saturated rings. The summed E-state index contributed by atoms with van der Waals surface area (Å²) in [6.45, 7) is 1.72. The molecule has 0 saturated heterocycles. The molecule has 3 atom stereocenters. The summed E-state index contributed by atoms with van der Waals surface area (Å²) < 4.78 is 137. The molecule has 21 nitrogen and oxygen atoms in total. The Morgan fingerprint density at radius 1 is 0.412 bits per heavy atom. The minimum atomic E-state index is -1.87. The fourth-order valence-electron chi connectivity index (χ4n) is 13.1. The van der Waals surface area contributed by atoms with Crippen LogP contribution in [0.5, 0.6) is 0 Å². The summed E-state index contributed by atoms with van der Waals surface area (Å²) in [5.74, 6) is -2.42. The van der Waals surface area contributed by atoms with Gasteiger partial charge in [0.15, 0.2) is 22.0 Å². The SMILES string of the molecule is Cc1ccc(F)cc1S(=O)Nc1ccc(-c2cn(C3CCCC3)c3ncnc(N)c23)cc1F.Nc1ncnc2c1c(-c1ccc(NS(=O)c3ccc(F)c(Cl)c3)c(F)c1)cn2C1CCCC1.Nc1ncnc2c1c(-c1ccc(NS(=O)c3ccc(F)cc3Cl)c(F)c1)cn2C1CCCC1.O.O.O. The van der Waals surface area contributed by atoms with E-state index >= 15 is 13.2 Å². The van der Waals surface area contributed by atoms with Crippen LogP contribution in [-0.2, 0) is 33.0 Å². The van der Waals surface area contributed by atoms with Crippen molar-refractivity contribution in [2.75, 3.05) is 31.4 Å². The topological polar surface area (TPSA) is 352 Å². The van der Waals surface area contributed by atoms with Gasteiger partial charge in [0.25, 0.3) is 0 Å². The predicted octanol–water partition coefficient (Wildman–Crippen LogP) is 14.8. The third-order valence-electron chi connectivity index (χ3n) is 18.1. The molecule has 3 saturated carbocycles. The van der Waals surface area contributed by atoms with Crippen LogP contribution >= 0.6 is 23.2 Å². The van der Waals surface area contributed by atoms with Gasteiger partial charge in [-0.25, -0.2) is 68.9 Å². The summed E-state index contributed by atoms with van der Waals surface area (Å²) in [4.78, 5) is 26.4. The molecule has 0 radical (unpaired) electrons. The summed E-state index contributed by atoms with van der Waals surface area (Å²) >= 11 is 11.7. The van der Waals surface area contributed by atoms with Crippen molar-refractivity contribution in [1.29, 1.82) is 0 Å². The van der Waals surface area contributed by atoms with E-state index in [0.717, 1.165) is 129 Å². The molecule has 15 rings (SSSR count). The lowest BCUT2D eigenvalue weighted by Gasteiger charge is -2.12. The van der Waals surface area contributed by atoms with E-state index in [1.807, 2.05) is 18.6 Å². The van der Waals surface area contributed by atoms with E-state index in [9.17, 15) is 25.8 Å². The maximum Gasteiger partial charge on any atom is 0.151 e. The minimum Gasteiger partial charge on any atom is -0.412 e. The molecule has 0 spiro atoms. The molecule has 3 unspecified atom stereocenters. The van der Waals surface area contributed by atoms with E-state index < -0.39 is 67.9 Å². The molecule has 6 aromatic carbocycles.